The summed E-state index contributed by atoms with van der Waals surface area (Å²) in [5.41, 5.74) is 8.65. The number of amides is 2. The fourth-order valence-corrected chi connectivity index (χ4v) is 4.45. The molecule has 3 aromatic heterocycles. The van der Waals surface area contributed by atoms with Crippen molar-refractivity contribution in [3.05, 3.63) is 42.4 Å². The van der Waals surface area contributed by atoms with Crippen LogP contribution in [-0.2, 0) is 16.6 Å². The van der Waals surface area contributed by atoms with E-state index >= 15 is 0 Å². The highest BCUT2D eigenvalue weighted by molar-refractivity contribution is 6.40. The molecule has 1 fully saturated rings. The van der Waals surface area contributed by atoms with E-state index in [0.717, 1.165) is 29.3 Å². The van der Waals surface area contributed by atoms with Gasteiger partial charge >= 0.3 is 11.8 Å². The summed E-state index contributed by atoms with van der Waals surface area (Å²) in [6.07, 6.45) is 6.69. The van der Waals surface area contributed by atoms with Crippen LogP contribution in [0.3, 0.4) is 0 Å². The topological polar surface area (TPSA) is 135 Å². The highest BCUT2D eigenvalue weighted by atomic mass is 16.2. The number of aryl methyl sites for hydroxylation is 1. The molecule has 0 radical (unpaired) electrons. The van der Waals surface area contributed by atoms with Gasteiger partial charge in [0.15, 0.2) is 0 Å². The molecular formula is C22H24N8O2. The molecule has 164 valence electrons. The number of nitrogens with two attached hydrogens (primary N) is 1. The van der Waals surface area contributed by atoms with E-state index in [4.69, 9.17) is 5.73 Å². The van der Waals surface area contributed by atoms with Crippen molar-refractivity contribution in [1.82, 2.24) is 29.9 Å². The Bertz CT molecular complexity index is 1340. The zero-order valence-electron chi connectivity index (χ0n) is 17.9. The van der Waals surface area contributed by atoms with Crippen LogP contribution >= 0.6 is 0 Å². The average Bonchev–Trinajstić information content (AvgIpc) is 3.41. The van der Waals surface area contributed by atoms with E-state index in [-0.39, 0.29) is 6.04 Å². The van der Waals surface area contributed by atoms with Gasteiger partial charge in [-0.15, -0.1) is 0 Å². The molecule has 4 heterocycles. The quantitative estimate of drug-likeness (QED) is 0.416. The van der Waals surface area contributed by atoms with Gasteiger partial charge in [-0.2, -0.15) is 10.2 Å². The first kappa shape index (κ1) is 20.0. The third kappa shape index (κ3) is 3.43. The van der Waals surface area contributed by atoms with Gasteiger partial charge in [0.05, 0.1) is 40.5 Å². The van der Waals surface area contributed by atoms with E-state index in [0.29, 0.717) is 34.9 Å². The monoisotopic (exact) mass is 432 g/mol. The van der Waals surface area contributed by atoms with Crippen molar-refractivity contribution >= 4 is 45.1 Å². The number of nitrogens with zero attached hydrogens (tertiary/aromatic N) is 5. The van der Waals surface area contributed by atoms with Crippen LogP contribution in [0.1, 0.15) is 31.4 Å². The Morgan fingerprint density at radius 1 is 1.25 bits per heavy atom. The number of rotatable bonds is 2. The van der Waals surface area contributed by atoms with Gasteiger partial charge in [-0.25, -0.2) is 4.98 Å². The molecule has 10 nitrogen and oxygen atoms in total. The molecule has 0 aliphatic carbocycles. The molecule has 4 N–H and O–H groups in total. The minimum Gasteiger partial charge on any atom is -0.383 e. The number of hydrogen-bond donors (Lipinski definition) is 3. The molecule has 0 spiro atoms. The molecule has 0 saturated carbocycles. The summed E-state index contributed by atoms with van der Waals surface area (Å²) in [4.78, 5) is 32.0. The summed E-state index contributed by atoms with van der Waals surface area (Å²) in [5, 5.41) is 15.4. The molecule has 5 rings (SSSR count). The van der Waals surface area contributed by atoms with Gasteiger partial charge in [0.2, 0.25) is 0 Å². The molecule has 1 saturated heterocycles. The van der Waals surface area contributed by atoms with Crippen molar-refractivity contribution in [3.8, 4) is 0 Å². The second-order valence-electron chi connectivity index (χ2n) is 8.45. The number of carbonyl (C=O) groups is 2. The maximum absolute atomic E-state index is 13.3. The lowest BCUT2D eigenvalue weighted by Crippen LogP contribution is -2.46. The predicted octanol–water partition coefficient (Wildman–Crippen LogP) is 2.37. The van der Waals surface area contributed by atoms with E-state index in [2.05, 4.69) is 38.6 Å². The van der Waals surface area contributed by atoms with Gasteiger partial charge in [0.1, 0.15) is 5.82 Å². The molecule has 4 aromatic rings. The van der Waals surface area contributed by atoms with E-state index in [1.165, 1.54) is 12.4 Å². The van der Waals surface area contributed by atoms with Crippen LogP contribution in [0.4, 0.5) is 11.5 Å². The molecule has 2 amide bonds. The average molecular weight is 432 g/mol. The predicted molar refractivity (Wildman–Crippen MR) is 120 cm³/mol. The van der Waals surface area contributed by atoms with Crippen molar-refractivity contribution in [2.75, 3.05) is 17.6 Å². The number of piperidine rings is 1. The lowest BCUT2D eigenvalue weighted by molar-refractivity contribution is -0.146. The molecular weight excluding hydrogens is 408 g/mol. The first-order chi connectivity index (χ1) is 15.4. The number of anilines is 2. The van der Waals surface area contributed by atoms with Gasteiger partial charge in [-0.1, -0.05) is 13.0 Å². The second kappa shape index (κ2) is 7.63. The van der Waals surface area contributed by atoms with Crippen LogP contribution in [0.5, 0.6) is 0 Å². The number of pyridine rings is 1. The summed E-state index contributed by atoms with van der Waals surface area (Å²) in [7, 11) is 1.88. The summed E-state index contributed by atoms with van der Waals surface area (Å²) < 4.78 is 1.77. The highest BCUT2D eigenvalue weighted by Gasteiger charge is 2.34. The van der Waals surface area contributed by atoms with Gasteiger partial charge in [0.25, 0.3) is 0 Å². The number of aromatic amines is 1. The fourth-order valence-electron chi connectivity index (χ4n) is 4.45. The number of benzene rings is 1. The number of carbonyl (C=O) groups excluding carboxylic acids is 2. The Morgan fingerprint density at radius 3 is 2.94 bits per heavy atom. The molecule has 10 heteroatoms. The number of H-pyrrole nitrogens is 1. The molecule has 32 heavy (non-hydrogen) atoms. The van der Waals surface area contributed by atoms with Crippen molar-refractivity contribution in [3.63, 3.8) is 0 Å². The summed E-state index contributed by atoms with van der Waals surface area (Å²) in [6, 6.07) is 5.83. The first-order valence-electron chi connectivity index (χ1n) is 10.5. The molecule has 0 bridgehead atoms. The first-order valence-corrected chi connectivity index (χ1v) is 10.5. The lowest BCUT2D eigenvalue weighted by Gasteiger charge is -2.38. The Morgan fingerprint density at radius 2 is 2.09 bits per heavy atom. The number of fused-ring (bicyclic) bond motifs is 2. The normalized spacial score (nSPS) is 18.9. The maximum Gasteiger partial charge on any atom is 0.314 e. The molecule has 2 atom stereocenters. The zero-order valence-corrected chi connectivity index (χ0v) is 17.9. The Kier molecular flexibility index (Phi) is 4.76. The number of nitrogens with one attached hydrogen (secondary N) is 2. The fraction of sp³-hybridized carbons (Fsp3) is 0.318. The summed E-state index contributed by atoms with van der Waals surface area (Å²) in [5.74, 6) is -0.678. The van der Waals surface area contributed by atoms with Crippen molar-refractivity contribution < 1.29 is 9.59 Å². The van der Waals surface area contributed by atoms with Crippen LogP contribution in [0.15, 0.2) is 36.8 Å². The van der Waals surface area contributed by atoms with Crippen LogP contribution in [0.2, 0.25) is 0 Å². The SMILES string of the molecule is C[C@H]1CC[C@H](c2ccc3nn(C)cc3c2)N(C(=O)C(=O)Nc2cnc(N)c3cn[nH]c23)C1. The van der Waals surface area contributed by atoms with Crippen molar-refractivity contribution in [2.24, 2.45) is 13.0 Å². The molecule has 1 aliphatic rings. The Hall–Kier alpha value is -3.95. The van der Waals surface area contributed by atoms with Crippen LogP contribution in [-0.4, -0.2) is 48.2 Å². The maximum atomic E-state index is 13.3. The van der Waals surface area contributed by atoms with Gasteiger partial charge in [-0.05, 0) is 36.5 Å². The van der Waals surface area contributed by atoms with E-state index < -0.39 is 11.8 Å². The highest BCUT2D eigenvalue weighted by Crippen LogP contribution is 2.35. The van der Waals surface area contributed by atoms with Gasteiger partial charge in [0, 0.05) is 25.2 Å². The molecule has 0 unspecified atom stereocenters. The van der Waals surface area contributed by atoms with E-state index in [1.807, 2.05) is 25.4 Å². The van der Waals surface area contributed by atoms with Crippen LogP contribution < -0.4 is 11.1 Å². The second-order valence-corrected chi connectivity index (χ2v) is 8.45. The van der Waals surface area contributed by atoms with Crippen molar-refractivity contribution in [1.29, 1.82) is 0 Å². The van der Waals surface area contributed by atoms with E-state index in [1.54, 1.807) is 9.58 Å². The number of hydrogen-bond acceptors (Lipinski definition) is 6. The largest absolute Gasteiger partial charge is 0.383 e. The van der Waals surface area contributed by atoms with Gasteiger partial charge < -0.3 is 16.0 Å². The minimum absolute atomic E-state index is 0.175. The number of nitrogen functional groups attached to an aromatic ring is 1. The third-order valence-corrected chi connectivity index (χ3v) is 6.07. The minimum atomic E-state index is -0.714. The van der Waals surface area contributed by atoms with Crippen molar-refractivity contribution in [2.45, 2.75) is 25.8 Å². The van der Waals surface area contributed by atoms with Gasteiger partial charge in [-0.3, -0.25) is 19.4 Å². The smallest absolute Gasteiger partial charge is 0.314 e. The van der Waals surface area contributed by atoms with Crippen LogP contribution in [0, 0.1) is 5.92 Å². The molecule has 1 aliphatic heterocycles. The molecule has 1 aromatic carbocycles. The van der Waals surface area contributed by atoms with Crippen LogP contribution in [0.25, 0.3) is 21.8 Å². The summed E-state index contributed by atoms with van der Waals surface area (Å²) in [6.45, 7) is 2.61. The Balaban J connectivity index is 1.42. The lowest BCUT2D eigenvalue weighted by atomic mass is 9.89. The standard InChI is InChI=1S/C22H24N8O2/c1-12-3-6-18(13-4-5-16-14(7-13)11-29(2)28-16)30(10-12)22(32)21(31)26-17-9-24-20(23)15-8-25-27-19(15)17/h4-5,7-9,11-12,18H,3,6,10H2,1-2H3,(H2,23,24)(H,25,27)(H,26,31)/t12-,18+/m0/s1. The third-order valence-electron chi connectivity index (χ3n) is 6.07. The van der Waals surface area contributed by atoms with E-state index in [9.17, 15) is 9.59 Å². The summed E-state index contributed by atoms with van der Waals surface area (Å²) >= 11 is 0. The number of likely N-dealkylation sites (tertiary alicyclic amines) is 1. The number of aromatic nitrogens is 5. The Labute approximate surface area is 183 Å². The zero-order chi connectivity index (χ0) is 22.4.